The molecule has 6 nitrogen and oxygen atoms in total. The van der Waals surface area contributed by atoms with Crippen LogP contribution in [0.4, 0.5) is 0 Å². The third-order valence-electron chi connectivity index (χ3n) is 2.35. The number of rotatable bonds is 7. The van der Waals surface area contributed by atoms with Gasteiger partial charge in [0.15, 0.2) is 5.75 Å². The molecule has 1 rings (SSSR count). The molecule has 100 valence electrons. The first kappa shape index (κ1) is 14.2. The molecule has 1 N–H and O–H groups in total. The summed E-state index contributed by atoms with van der Waals surface area (Å²) in [5.41, 5.74) is -0.294. The molecule has 1 heterocycles. The number of nitrogens with zero attached hydrogens (tertiary/aromatic N) is 2. The summed E-state index contributed by atoms with van der Waals surface area (Å²) >= 11 is 0. The number of aromatic nitrogens is 1. The molecular formula is C12H18N2O4. The third kappa shape index (κ3) is 4.58. The van der Waals surface area contributed by atoms with E-state index in [4.69, 9.17) is 9.84 Å². The van der Waals surface area contributed by atoms with Gasteiger partial charge >= 0.3 is 5.97 Å². The number of likely N-dealkylation sites (N-methyl/N-ethyl adjacent to an activating group) is 1. The second kappa shape index (κ2) is 6.80. The number of ether oxygens (including phenoxy) is 1. The number of carboxylic acid groups (broad SMARTS) is 1. The average molecular weight is 254 g/mol. The van der Waals surface area contributed by atoms with Crippen molar-refractivity contribution in [2.45, 2.75) is 13.0 Å². The van der Waals surface area contributed by atoms with Gasteiger partial charge in [0.25, 0.3) is 5.56 Å². The highest BCUT2D eigenvalue weighted by Gasteiger charge is 2.05. The first-order chi connectivity index (χ1) is 8.50. The van der Waals surface area contributed by atoms with Crippen LogP contribution in [0.1, 0.15) is 6.42 Å². The molecular weight excluding hydrogens is 236 g/mol. The minimum absolute atomic E-state index is 0.0823. The van der Waals surface area contributed by atoms with E-state index < -0.39 is 5.97 Å². The lowest BCUT2D eigenvalue weighted by Gasteiger charge is -2.11. The summed E-state index contributed by atoms with van der Waals surface area (Å²) in [4.78, 5) is 24.3. The van der Waals surface area contributed by atoms with E-state index in [1.807, 2.05) is 19.0 Å². The van der Waals surface area contributed by atoms with Crippen LogP contribution in [0.3, 0.4) is 0 Å². The Kier molecular flexibility index (Phi) is 5.38. The van der Waals surface area contributed by atoms with Crippen LogP contribution in [-0.4, -0.2) is 47.8 Å². The minimum Gasteiger partial charge on any atom is -0.487 e. The number of carboxylic acids is 1. The maximum absolute atomic E-state index is 11.9. The molecule has 18 heavy (non-hydrogen) atoms. The molecule has 0 spiro atoms. The largest absolute Gasteiger partial charge is 0.487 e. The van der Waals surface area contributed by atoms with Gasteiger partial charge in [-0.15, -0.1) is 0 Å². The van der Waals surface area contributed by atoms with Crippen LogP contribution < -0.4 is 10.3 Å². The Morgan fingerprint density at radius 2 is 2.22 bits per heavy atom. The molecule has 0 radical (unpaired) electrons. The highest BCUT2D eigenvalue weighted by molar-refractivity contribution is 5.66. The molecule has 0 saturated heterocycles. The van der Waals surface area contributed by atoms with Crippen molar-refractivity contribution in [3.8, 4) is 5.75 Å². The summed E-state index contributed by atoms with van der Waals surface area (Å²) in [6.45, 7) is 1.29. The quantitative estimate of drug-likeness (QED) is 0.756. The first-order valence-corrected chi connectivity index (χ1v) is 5.69. The lowest BCUT2D eigenvalue weighted by atomic mass is 10.4. The van der Waals surface area contributed by atoms with Gasteiger partial charge in [-0.2, -0.15) is 0 Å². The van der Waals surface area contributed by atoms with Gasteiger partial charge in [-0.25, -0.2) is 0 Å². The van der Waals surface area contributed by atoms with Gasteiger partial charge in [-0.3, -0.25) is 9.59 Å². The van der Waals surface area contributed by atoms with Crippen LogP contribution in [0, 0.1) is 0 Å². The van der Waals surface area contributed by atoms with E-state index in [1.54, 1.807) is 18.3 Å². The summed E-state index contributed by atoms with van der Waals surface area (Å²) in [7, 11) is 3.83. The summed E-state index contributed by atoms with van der Waals surface area (Å²) in [5, 5.41) is 8.59. The minimum atomic E-state index is -0.930. The van der Waals surface area contributed by atoms with Crippen molar-refractivity contribution in [2.24, 2.45) is 0 Å². The van der Waals surface area contributed by atoms with E-state index in [2.05, 4.69) is 0 Å². The number of hydrogen-bond acceptors (Lipinski definition) is 4. The standard InChI is InChI=1S/C12H18N2O4/c1-13(2)8-9-18-10-4-3-6-14(12(10)17)7-5-11(15)16/h3-4,6H,5,7-9H2,1-2H3,(H,15,16). The summed E-state index contributed by atoms with van der Waals surface area (Å²) in [5.74, 6) is -0.675. The molecule has 1 aromatic heterocycles. The Morgan fingerprint density at radius 3 is 2.83 bits per heavy atom. The number of carbonyl (C=O) groups is 1. The van der Waals surface area contributed by atoms with E-state index in [9.17, 15) is 9.59 Å². The van der Waals surface area contributed by atoms with E-state index in [0.29, 0.717) is 13.2 Å². The van der Waals surface area contributed by atoms with Crippen molar-refractivity contribution >= 4 is 5.97 Å². The Morgan fingerprint density at radius 1 is 1.50 bits per heavy atom. The van der Waals surface area contributed by atoms with Crippen LogP contribution in [0.15, 0.2) is 23.1 Å². The van der Waals surface area contributed by atoms with Gasteiger partial charge in [0.1, 0.15) is 6.61 Å². The van der Waals surface area contributed by atoms with Crippen molar-refractivity contribution < 1.29 is 14.6 Å². The molecule has 0 amide bonds. The predicted octanol–water partition coefficient (Wildman–Crippen LogP) is 0.263. The number of pyridine rings is 1. The van der Waals surface area contributed by atoms with Gasteiger partial charge in [0.2, 0.25) is 0 Å². The zero-order valence-electron chi connectivity index (χ0n) is 10.6. The molecule has 0 aliphatic carbocycles. The van der Waals surface area contributed by atoms with Crippen molar-refractivity contribution in [3.05, 3.63) is 28.7 Å². The van der Waals surface area contributed by atoms with Gasteiger partial charge in [-0.1, -0.05) is 0 Å². The zero-order chi connectivity index (χ0) is 13.5. The van der Waals surface area contributed by atoms with Crippen molar-refractivity contribution in [2.75, 3.05) is 27.2 Å². The van der Waals surface area contributed by atoms with Crippen molar-refractivity contribution in [1.29, 1.82) is 0 Å². The third-order valence-corrected chi connectivity index (χ3v) is 2.35. The van der Waals surface area contributed by atoms with E-state index >= 15 is 0 Å². The number of aryl methyl sites for hydroxylation is 1. The van der Waals surface area contributed by atoms with Crippen LogP contribution in [0.5, 0.6) is 5.75 Å². The molecule has 6 heteroatoms. The Labute approximate surface area is 105 Å². The van der Waals surface area contributed by atoms with Gasteiger partial charge in [-0.05, 0) is 26.2 Å². The Hall–Kier alpha value is -1.82. The molecule has 0 unspecified atom stereocenters. The smallest absolute Gasteiger partial charge is 0.305 e. The number of hydrogen-bond donors (Lipinski definition) is 1. The summed E-state index contributed by atoms with van der Waals surface area (Å²) in [6, 6.07) is 3.27. The average Bonchev–Trinajstić information content (AvgIpc) is 2.29. The SMILES string of the molecule is CN(C)CCOc1cccn(CCC(=O)O)c1=O. The van der Waals surface area contributed by atoms with Crippen LogP contribution in [-0.2, 0) is 11.3 Å². The summed E-state index contributed by atoms with van der Waals surface area (Å²) in [6.07, 6.45) is 1.48. The highest BCUT2D eigenvalue weighted by atomic mass is 16.5. The van der Waals surface area contributed by atoms with Gasteiger partial charge in [0, 0.05) is 19.3 Å². The zero-order valence-corrected chi connectivity index (χ0v) is 10.6. The normalized spacial score (nSPS) is 10.6. The molecule has 0 aliphatic heterocycles. The molecule has 0 aliphatic rings. The Bertz CT molecular complexity index is 454. The highest BCUT2D eigenvalue weighted by Crippen LogP contribution is 2.02. The molecule has 0 bridgehead atoms. The monoisotopic (exact) mass is 254 g/mol. The van der Waals surface area contributed by atoms with Gasteiger partial charge in [0.05, 0.1) is 6.42 Å². The fraction of sp³-hybridized carbons (Fsp3) is 0.500. The Balaban J connectivity index is 2.66. The lowest BCUT2D eigenvalue weighted by molar-refractivity contribution is -0.137. The molecule has 0 aromatic carbocycles. The van der Waals surface area contributed by atoms with Crippen LogP contribution >= 0.6 is 0 Å². The lowest BCUT2D eigenvalue weighted by Crippen LogP contribution is -2.25. The maximum Gasteiger partial charge on any atom is 0.305 e. The van der Waals surface area contributed by atoms with Crippen LogP contribution in [0.25, 0.3) is 0 Å². The molecule has 0 fully saturated rings. The fourth-order valence-corrected chi connectivity index (χ4v) is 1.36. The number of aliphatic carboxylic acids is 1. The van der Waals surface area contributed by atoms with E-state index in [0.717, 1.165) is 0 Å². The summed E-state index contributed by atoms with van der Waals surface area (Å²) < 4.78 is 6.72. The topological polar surface area (TPSA) is 71.8 Å². The molecule has 0 atom stereocenters. The first-order valence-electron chi connectivity index (χ1n) is 5.69. The van der Waals surface area contributed by atoms with E-state index in [-0.39, 0.29) is 24.3 Å². The second-order valence-electron chi connectivity index (χ2n) is 4.17. The fourth-order valence-electron chi connectivity index (χ4n) is 1.36. The van der Waals surface area contributed by atoms with Crippen molar-refractivity contribution in [3.63, 3.8) is 0 Å². The van der Waals surface area contributed by atoms with Crippen molar-refractivity contribution in [1.82, 2.24) is 9.47 Å². The molecule has 0 saturated carbocycles. The van der Waals surface area contributed by atoms with Gasteiger partial charge < -0.3 is 19.3 Å². The molecule has 1 aromatic rings. The van der Waals surface area contributed by atoms with Crippen LogP contribution in [0.2, 0.25) is 0 Å². The second-order valence-corrected chi connectivity index (χ2v) is 4.17. The van der Waals surface area contributed by atoms with E-state index in [1.165, 1.54) is 4.57 Å². The maximum atomic E-state index is 11.9. The predicted molar refractivity (Wildman–Crippen MR) is 67.0 cm³/mol.